The minimum atomic E-state index is 0.593. The second kappa shape index (κ2) is 4.83. The van der Waals surface area contributed by atoms with E-state index in [4.69, 9.17) is 5.73 Å². The largest absolute Gasteiger partial charge is 0.356 e. The van der Waals surface area contributed by atoms with Gasteiger partial charge in [0.15, 0.2) is 0 Å². The topological polar surface area (TPSA) is 42.1 Å². The number of anilines is 1. The average Bonchev–Trinajstić information content (AvgIpc) is 2.33. The number of hydrogen-bond donors (Lipinski definition) is 1. The van der Waals surface area contributed by atoms with Crippen LogP contribution in [0.2, 0.25) is 0 Å². The van der Waals surface area contributed by atoms with Crippen LogP contribution < -0.4 is 10.6 Å². The van der Waals surface area contributed by atoms with Gasteiger partial charge in [-0.3, -0.25) is 0 Å². The van der Waals surface area contributed by atoms with Crippen LogP contribution in [0.4, 0.5) is 5.82 Å². The van der Waals surface area contributed by atoms with Crippen LogP contribution in [0, 0.1) is 11.8 Å². The second-order valence-electron chi connectivity index (χ2n) is 4.92. The van der Waals surface area contributed by atoms with E-state index >= 15 is 0 Å². The summed E-state index contributed by atoms with van der Waals surface area (Å²) in [4.78, 5) is 6.82. The molecule has 0 spiro atoms. The minimum Gasteiger partial charge on any atom is -0.356 e. The molecule has 0 radical (unpaired) electrons. The molecule has 1 aromatic heterocycles. The predicted molar refractivity (Wildman–Crippen MR) is 67.3 cm³/mol. The van der Waals surface area contributed by atoms with Crippen LogP contribution in [0.25, 0.3) is 0 Å². The standard InChI is InChI=1S/C13H21N3/c1-10-4-6-16(9-11(10)2)13-7-12(8-14)3-5-15-13/h3,5,7,10-11H,4,6,8-9,14H2,1-2H3. The molecule has 2 atom stereocenters. The maximum Gasteiger partial charge on any atom is 0.128 e. The lowest BCUT2D eigenvalue weighted by Gasteiger charge is -2.36. The molecule has 0 aromatic carbocycles. The fraction of sp³-hybridized carbons (Fsp3) is 0.615. The van der Waals surface area contributed by atoms with Gasteiger partial charge in [0.1, 0.15) is 5.82 Å². The first kappa shape index (κ1) is 11.4. The summed E-state index contributed by atoms with van der Waals surface area (Å²) in [6.07, 6.45) is 3.12. The number of piperidine rings is 1. The van der Waals surface area contributed by atoms with Gasteiger partial charge >= 0.3 is 0 Å². The summed E-state index contributed by atoms with van der Waals surface area (Å²) >= 11 is 0. The summed E-state index contributed by atoms with van der Waals surface area (Å²) in [5.74, 6) is 2.66. The zero-order valence-electron chi connectivity index (χ0n) is 10.2. The van der Waals surface area contributed by atoms with Crippen molar-refractivity contribution in [2.24, 2.45) is 17.6 Å². The van der Waals surface area contributed by atoms with Crippen LogP contribution in [0.1, 0.15) is 25.8 Å². The van der Waals surface area contributed by atoms with Crippen molar-refractivity contribution in [1.82, 2.24) is 4.98 Å². The van der Waals surface area contributed by atoms with E-state index in [0.717, 1.165) is 36.3 Å². The highest BCUT2D eigenvalue weighted by Crippen LogP contribution is 2.25. The normalized spacial score (nSPS) is 25.8. The fourth-order valence-electron chi connectivity index (χ4n) is 2.23. The predicted octanol–water partition coefficient (Wildman–Crippen LogP) is 2.02. The highest BCUT2D eigenvalue weighted by atomic mass is 15.2. The number of nitrogens with zero attached hydrogens (tertiary/aromatic N) is 2. The molecule has 1 aliphatic heterocycles. The van der Waals surface area contributed by atoms with Crippen molar-refractivity contribution in [2.45, 2.75) is 26.8 Å². The third kappa shape index (κ3) is 2.35. The zero-order chi connectivity index (χ0) is 11.5. The molecule has 16 heavy (non-hydrogen) atoms. The van der Waals surface area contributed by atoms with Gasteiger partial charge < -0.3 is 10.6 Å². The Bertz CT molecular complexity index is 351. The van der Waals surface area contributed by atoms with Gasteiger partial charge in [0, 0.05) is 25.8 Å². The summed E-state index contributed by atoms with van der Waals surface area (Å²) in [5.41, 5.74) is 6.81. The molecule has 2 N–H and O–H groups in total. The Kier molecular flexibility index (Phi) is 3.44. The maximum absolute atomic E-state index is 5.65. The van der Waals surface area contributed by atoms with Crippen molar-refractivity contribution >= 4 is 5.82 Å². The maximum atomic E-state index is 5.65. The lowest BCUT2D eigenvalue weighted by molar-refractivity contribution is 0.323. The van der Waals surface area contributed by atoms with E-state index in [9.17, 15) is 0 Å². The molecule has 1 aromatic rings. The first-order chi connectivity index (χ1) is 7.70. The van der Waals surface area contributed by atoms with Gasteiger partial charge in [0.2, 0.25) is 0 Å². The quantitative estimate of drug-likeness (QED) is 0.827. The number of nitrogens with two attached hydrogens (primary N) is 1. The van der Waals surface area contributed by atoms with Gasteiger partial charge in [-0.2, -0.15) is 0 Å². The number of rotatable bonds is 2. The van der Waals surface area contributed by atoms with E-state index < -0.39 is 0 Å². The van der Waals surface area contributed by atoms with Crippen molar-refractivity contribution in [3.05, 3.63) is 23.9 Å². The molecule has 2 heterocycles. The molecule has 1 saturated heterocycles. The Labute approximate surface area is 97.7 Å². The molecule has 0 aliphatic carbocycles. The van der Waals surface area contributed by atoms with Crippen LogP contribution in [0.15, 0.2) is 18.3 Å². The molecule has 88 valence electrons. The van der Waals surface area contributed by atoms with Gasteiger partial charge in [0.25, 0.3) is 0 Å². The number of hydrogen-bond acceptors (Lipinski definition) is 3. The highest BCUT2D eigenvalue weighted by Gasteiger charge is 2.23. The van der Waals surface area contributed by atoms with Crippen LogP contribution >= 0.6 is 0 Å². The van der Waals surface area contributed by atoms with E-state index in [2.05, 4.69) is 29.8 Å². The summed E-state index contributed by atoms with van der Waals surface area (Å²) < 4.78 is 0. The van der Waals surface area contributed by atoms with E-state index in [-0.39, 0.29) is 0 Å². The summed E-state index contributed by atoms with van der Waals surface area (Å²) in [6, 6.07) is 4.10. The number of pyridine rings is 1. The van der Waals surface area contributed by atoms with E-state index in [1.165, 1.54) is 6.42 Å². The van der Waals surface area contributed by atoms with E-state index in [0.29, 0.717) is 6.54 Å². The van der Waals surface area contributed by atoms with Crippen LogP contribution in [-0.4, -0.2) is 18.1 Å². The third-order valence-corrected chi connectivity index (χ3v) is 3.70. The first-order valence-corrected chi connectivity index (χ1v) is 6.10. The molecule has 1 fully saturated rings. The van der Waals surface area contributed by atoms with Gasteiger partial charge in [0.05, 0.1) is 0 Å². The zero-order valence-corrected chi connectivity index (χ0v) is 10.2. The molecule has 3 nitrogen and oxygen atoms in total. The summed E-state index contributed by atoms with van der Waals surface area (Å²) in [7, 11) is 0. The molecule has 3 heteroatoms. The lowest BCUT2D eigenvalue weighted by Crippen LogP contribution is -2.38. The monoisotopic (exact) mass is 219 g/mol. The molecule has 0 amide bonds. The fourth-order valence-corrected chi connectivity index (χ4v) is 2.23. The Hall–Kier alpha value is -1.09. The van der Waals surface area contributed by atoms with Crippen LogP contribution in [0.3, 0.4) is 0 Å². The van der Waals surface area contributed by atoms with Crippen molar-refractivity contribution in [3.63, 3.8) is 0 Å². The lowest BCUT2D eigenvalue weighted by atomic mass is 9.89. The van der Waals surface area contributed by atoms with Crippen molar-refractivity contribution < 1.29 is 0 Å². The first-order valence-electron chi connectivity index (χ1n) is 6.10. The van der Waals surface area contributed by atoms with Gasteiger partial charge in [-0.05, 0) is 36.0 Å². The SMILES string of the molecule is CC1CCN(c2cc(CN)ccn2)CC1C. The van der Waals surface area contributed by atoms with Crippen molar-refractivity contribution in [1.29, 1.82) is 0 Å². The smallest absolute Gasteiger partial charge is 0.128 e. The highest BCUT2D eigenvalue weighted by molar-refractivity contribution is 5.41. The Morgan fingerprint density at radius 1 is 1.44 bits per heavy atom. The van der Waals surface area contributed by atoms with E-state index in [1.54, 1.807) is 0 Å². The summed E-state index contributed by atoms with van der Waals surface area (Å²) in [5, 5.41) is 0. The molecule has 2 unspecified atom stereocenters. The molecular weight excluding hydrogens is 198 g/mol. The molecule has 1 aliphatic rings. The number of aromatic nitrogens is 1. The van der Waals surface area contributed by atoms with Gasteiger partial charge in [-0.25, -0.2) is 4.98 Å². The molecule has 0 saturated carbocycles. The average molecular weight is 219 g/mol. The summed E-state index contributed by atoms with van der Waals surface area (Å²) in [6.45, 7) is 7.49. The van der Waals surface area contributed by atoms with E-state index in [1.807, 2.05) is 12.3 Å². The second-order valence-corrected chi connectivity index (χ2v) is 4.92. The Morgan fingerprint density at radius 3 is 2.94 bits per heavy atom. The molecule has 2 rings (SSSR count). The minimum absolute atomic E-state index is 0.593. The Balaban J connectivity index is 2.12. The van der Waals surface area contributed by atoms with Crippen LogP contribution in [0.5, 0.6) is 0 Å². The Morgan fingerprint density at radius 2 is 2.25 bits per heavy atom. The van der Waals surface area contributed by atoms with Crippen molar-refractivity contribution in [3.8, 4) is 0 Å². The van der Waals surface area contributed by atoms with Gasteiger partial charge in [-0.1, -0.05) is 13.8 Å². The van der Waals surface area contributed by atoms with Gasteiger partial charge in [-0.15, -0.1) is 0 Å². The third-order valence-electron chi connectivity index (χ3n) is 3.70. The molecular formula is C13H21N3. The van der Waals surface area contributed by atoms with Crippen molar-refractivity contribution in [2.75, 3.05) is 18.0 Å². The molecule has 0 bridgehead atoms. The van der Waals surface area contributed by atoms with Crippen LogP contribution in [-0.2, 0) is 6.54 Å².